The van der Waals surface area contributed by atoms with Gasteiger partial charge in [0.05, 0.1) is 12.2 Å². The summed E-state index contributed by atoms with van der Waals surface area (Å²) < 4.78 is 4.83. The maximum Gasteiger partial charge on any atom is 0.251 e. The molecule has 0 radical (unpaired) electrons. The van der Waals surface area contributed by atoms with E-state index in [1.165, 1.54) is 12.7 Å². The maximum absolute atomic E-state index is 11.8. The van der Waals surface area contributed by atoms with Crippen LogP contribution in [-0.2, 0) is 6.54 Å². The van der Waals surface area contributed by atoms with E-state index in [0.29, 0.717) is 17.8 Å². The second-order valence-electron chi connectivity index (χ2n) is 4.10. The second-order valence-corrected chi connectivity index (χ2v) is 4.10. The molecule has 0 aliphatic carbocycles. The van der Waals surface area contributed by atoms with Gasteiger partial charge in [-0.25, -0.2) is 4.98 Å². The van der Waals surface area contributed by atoms with Crippen LogP contribution in [0.15, 0.2) is 41.3 Å². The van der Waals surface area contributed by atoms with Gasteiger partial charge in [-0.3, -0.25) is 4.79 Å². The topological polar surface area (TPSA) is 58.4 Å². The van der Waals surface area contributed by atoms with Crippen molar-refractivity contribution in [2.75, 3.05) is 19.0 Å². The average Bonchev–Trinajstić information content (AvgIpc) is 2.89. The summed E-state index contributed by atoms with van der Waals surface area (Å²) >= 11 is 0. The van der Waals surface area contributed by atoms with Crippen LogP contribution in [0.25, 0.3) is 0 Å². The largest absolute Gasteiger partial charge is 0.451 e. The average molecular weight is 245 g/mol. The van der Waals surface area contributed by atoms with Gasteiger partial charge in [0.25, 0.3) is 5.91 Å². The third-order valence-corrected chi connectivity index (χ3v) is 2.56. The van der Waals surface area contributed by atoms with Gasteiger partial charge < -0.3 is 14.6 Å². The lowest BCUT2D eigenvalue weighted by Gasteiger charge is -2.12. The van der Waals surface area contributed by atoms with Crippen molar-refractivity contribution >= 4 is 11.6 Å². The molecule has 2 rings (SSSR count). The first-order chi connectivity index (χ1) is 8.66. The van der Waals surface area contributed by atoms with Crippen LogP contribution in [0.1, 0.15) is 16.1 Å². The number of rotatable bonds is 4. The first-order valence-electron chi connectivity index (χ1n) is 5.59. The molecule has 0 aliphatic rings. The number of nitrogens with one attached hydrogen (secondary N) is 1. The number of oxazole rings is 1. The molecule has 5 nitrogen and oxygen atoms in total. The Balaban J connectivity index is 1.96. The lowest BCUT2D eigenvalue weighted by Crippen LogP contribution is -2.23. The number of nitrogens with zero attached hydrogens (tertiary/aromatic N) is 2. The molecule has 1 aromatic heterocycles. The highest BCUT2D eigenvalue weighted by Crippen LogP contribution is 2.12. The van der Waals surface area contributed by atoms with E-state index in [4.69, 9.17) is 4.42 Å². The van der Waals surface area contributed by atoms with Crippen LogP contribution >= 0.6 is 0 Å². The number of carbonyl (C=O) groups excluding carboxylic acids is 1. The van der Waals surface area contributed by atoms with Crippen LogP contribution in [0.4, 0.5) is 5.69 Å². The van der Waals surface area contributed by atoms with Crippen LogP contribution < -0.4 is 10.2 Å². The summed E-state index contributed by atoms with van der Waals surface area (Å²) in [5, 5.41) is 2.77. The molecule has 0 saturated heterocycles. The maximum atomic E-state index is 11.8. The van der Waals surface area contributed by atoms with Gasteiger partial charge in [0.2, 0.25) is 0 Å². The van der Waals surface area contributed by atoms with E-state index in [2.05, 4.69) is 10.3 Å². The van der Waals surface area contributed by atoms with Crippen molar-refractivity contribution in [1.82, 2.24) is 10.3 Å². The smallest absolute Gasteiger partial charge is 0.251 e. The van der Waals surface area contributed by atoms with Gasteiger partial charge >= 0.3 is 0 Å². The lowest BCUT2D eigenvalue weighted by atomic mass is 10.2. The predicted octanol–water partition coefficient (Wildman–Crippen LogP) is 1.67. The zero-order chi connectivity index (χ0) is 13.0. The molecule has 0 unspecified atom stereocenters. The number of hydrogen-bond acceptors (Lipinski definition) is 4. The van der Waals surface area contributed by atoms with E-state index in [0.717, 1.165) is 5.69 Å². The molecule has 0 bridgehead atoms. The molecule has 1 aromatic carbocycles. The molecule has 1 N–H and O–H groups in total. The number of amides is 1. The van der Waals surface area contributed by atoms with Crippen molar-refractivity contribution in [1.29, 1.82) is 0 Å². The molecule has 0 saturated carbocycles. The summed E-state index contributed by atoms with van der Waals surface area (Å²) in [4.78, 5) is 17.8. The fourth-order valence-electron chi connectivity index (χ4n) is 1.51. The molecule has 0 aliphatic heterocycles. The van der Waals surface area contributed by atoms with Crippen molar-refractivity contribution in [3.05, 3.63) is 48.2 Å². The van der Waals surface area contributed by atoms with Crippen molar-refractivity contribution in [3.8, 4) is 0 Å². The van der Waals surface area contributed by atoms with Gasteiger partial charge in [0.1, 0.15) is 6.26 Å². The summed E-state index contributed by atoms with van der Waals surface area (Å²) in [6.45, 7) is 0.366. The minimum absolute atomic E-state index is 0.122. The van der Waals surface area contributed by atoms with Crippen LogP contribution in [-0.4, -0.2) is 25.0 Å². The van der Waals surface area contributed by atoms with E-state index < -0.39 is 0 Å². The van der Waals surface area contributed by atoms with E-state index in [1.54, 1.807) is 12.1 Å². The van der Waals surface area contributed by atoms with Gasteiger partial charge in [0, 0.05) is 25.3 Å². The van der Waals surface area contributed by atoms with Crippen LogP contribution in [0.5, 0.6) is 0 Å². The summed E-state index contributed by atoms with van der Waals surface area (Å²) in [5.74, 6) is -0.122. The molecule has 0 spiro atoms. The van der Waals surface area contributed by atoms with Gasteiger partial charge in [0.15, 0.2) is 6.39 Å². The summed E-state index contributed by atoms with van der Waals surface area (Å²) in [5.41, 5.74) is 2.39. The molecule has 1 heterocycles. The number of carbonyl (C=O) groups is 1. The van der Waals surface area contributed by atoms with Crippen LogP contribution in [0.2, 0.25) is 0 Å². The first-order valence-corrected chi connectivity index (χ1v) is 5.59. The van der Waals surface area contributed by atoms with Crippen molar-refractivity contribution in [2.24, 2.45) is 0 Å². The fourth-order valence-corrected chi connectivity index (χ4v) is 1.51. The molecule has 2 aromatic rings. The minimum Gasteiger partial charge on any atom is -0.451 e. The van der Waals surface area contributed by atoms with Crippen LogP contribution in [0, 0.1) is 0 Å². The third-order valence-electron chi connectivity index (χ3n) is 2.56. The van der Waals surface area contributed by atoms with E-state index >= 15 is 0 Å². The molecular formula is C13H15N3O2. The van der Waals surface area contributed by atoms with Gasteiger partial charge in [-0.1, -0.05) is 0 Å². The molecule has 5 heteroatoms. The SMILES string of the molecule is CN(C)c1ccc(C(=O)NCc2cocn2)cc1. The number of benzene rings is 1. The molecule has 0 fully saturated rings. The Morgan fingerprint density at radius 2 is 2.06 bits per heavy atom. The Bertz CT molecular complexity index is 504. The van der Waals surface area contributed by atoms with E-state index in [9.17, 15) is 4.79 Å². The Morgan fingerprint density at radius 1 is 1.33 bits per heavy atom. The predicted molar refractivity (Wildman–Crippen MR) is 68.4 cm³/mol. The molecule has 0 atom stereocenters. The zero-order valence-electron chi connectivity index (χ0n) is 10.4. The Labute approximate surface area is 105 Å². The molecular weight excluding hydrogens is 230 g/mol. The zero-order valence-corrected chi connectivity index (χ0v) is 10.4. The van der Waals surface area contributed by atoms with E-state index in [1.807, 2.05) is 31.1 Å². The lowest BCUT2D eigenvalue weighted by molar-refractivity contribution is 0.0950. The third kappa shape index (κ3) is 2.88. The van der Waals surface area contributed by atoms with Gasteiger partial charge in [-0.15, -0.1) is 0 Å². The monoisotopic (exact) mass is 245 g/mol. The fraction of sp³-hybridized carbons (Fsp3) is 0.231. The Morgan fingerprint density at radius 3 is 2.61 bits per heavy atom. The number of hydrogen-bond donors (Lipinski definition) is 1. The van der Waals surface area contributed by atoms with E-state index in [-0.39, 0.29) is 5.91 Å². The van der Waals surface area contributed by atoms with Crippen LogP contribution in [0.3, 0.4) is 0 Å². The highest BCUT2D eigenvalue weighted by atomic mass is 16.3. The molecule has 94 valence electrons. The summed E-state index contributed by atoms with van der Waals surface area (Å²) in [6, 6.07) is 7.41. The summed E-state index contributed by atoms with van der Waals surface area (Å²) in [7, 11) is 3.92. The second kappa shape index (κ2) is 5.35. The normalized spacial score (nSPS) is 10.1. The van der Waals surface area contributed by atoms with Crippen molar-refractivity contribution < 1.29 is 9.21 Å². The minimum atomic E-state index is -0.122. The quantitative estimate of drug-likeness (QED) is 0.890. The van der Waals surface area contributed by atoms with Crippen molar-refractivity contribution in [3.63, 3.8) is 0 Å². The number of aromatic nitrogens is 1. The number of anilines is 1. The van der Waals surface area contributed by atoms with Crippen molar-refractivity contribution in [2.45, 2.75) is 6.54 Å². The Hall–Kier alpha value is -2.30. The Kier molecular flexibility index (Phi) is 3.62. The highest BCUT2D eigenvalue weighted by molar-refractivity contribution is 5.94. The molecule has 18 heavy (non-hydrogen) atoms. The summed E-state index contributed by atoms with van der Waals surface area (Å²) in [6.07, 6.45) is 2.85. The first kappa shape index (κ1) is 12.2. The molecule has 1 amide bonds. The highest BCUT2D eigenvalue weighted by Gasteiger charge is 2.06. The van der Waals surface area contributed by atoms with Gasteiger partial charge in [-0.2, -0.15) is 0 Å². The van der Waals surface area contributed by atoms with Gasteiger partial charge in [-0.05, 0) is 24.3 Å². The standard InChI is InChI=1S/C13H15N3O2/c1-16(2)12-5-3-10(4-6-12)13(17)14-7-11-8-18-9-15-11/h3-6,8-9H,7H2,1-2H3,(H,14,17).